The third-order valence-electron chi connectivity index (χ3n) is 2.29. The van der Waals surface area contributed by atoms with Crippen molar-refractivity contribution in [3.05, 3.63) is 0 Å². The first-order valence-electron chi connectivity index (χ1n) is 4.58. The van der Waals surface area contributed by atoms with Crippen molar-refractivity contribution in [1.82, 2.24) is 0 Å². The molecule has 0 bridgehead atoms. The lowest BCUT2D eigenvalue weighted by molar-refractivity contribution is 0.536. The summed E-state index contributed by atoms with van der Waals surface area (Å²) >= 11 is 5.58. The van der Waals surface area contributed by atoms with E-state index in [1.165, 1.54) is 0 Å². The number of hydrogen-bond donors (Lipinski definition) is 0. The van der Waals surface area contributed by atoms with Crippen LogP contribution in [0.4, 0.5) is 0 Å². The predicted octanol–water partition coefficient (Wildman–Crippen LogP) is 2.32. The van der Waals surface area contributed by atoms with Gasteiger partial charge in [-0.15, -0.1) is 11.6 Å². The first kappa shape index (κ1) is 13.2. The van der Waals surface area contributed by atoms with Crippen LogP contribution in [0.15, 0.2) is 0 Å². The Hall–Kier alpha value is 0.240. The molecule has 0 saturated carbocycles. The zero-order chi connectivity index (χ0) is 10.6. The van der Waals surface area contributed by atoms with Crippen molar-refractivity contribution in [2.75, 3.05) is 11.6 Å². The SMILES string of the molecule is CC(CCl)CS(=O)(=O)C(C)C(C)C. The Balaban J connectivity index is 4.41. The maximum atomic E-state index is 11.7. The van der Waals surface area contributed by atoms with Gasteiger partial charge in [0.05, 0.1) is 11.0 Å². The number of sulfone groups is 1. The van der Waals surface area contributed by atoms with Gasteiger partial charge in [0, 0.05) is 5.88 Å². The van der Waals surface area contributed by atoms with Crippen LogP contribution < -0.4 is 0 Å². The maximum Gasteiger partial charge on any atom is 0.153 e. The molecule has 2 nitrogen and oxygen atoms in total. The van der Waals surface area contributed by atoms with E-state index in [1.54, 1.807) is 6.92 Å². The summed E-state index contributed by atoms with van der Waals surface area (Å²) in [5.74, 6) is 0.834. The minimum atomic E-state index is -2.96. The highest BCUT2D eigenvalue weighted by molar-refractivity contribution is 7.92. The summed E-state index contributed by atoms with van der Waals surface area (Å²) in [6.07, 6.45) is 0. The minimum Gasteiger partial charge on any atom is -0.229 e. The average Bonchev–Trinajstić information content (AvgIpc) is 2.01. The van der Waals surface area contributed by atoms with Gasteiger partial charge in [-0.05, 0) is 18.8 Å². The van der Waals surface area contributed by atoms with Crippen LogP contribution in [0, 0.1) is 11.8 Å². The normalized spacial score (nSPS) is 17.4. The molecule has 0 radical (unpaired) electrons. The number of rotatable bonds is 5. The smallest absolute Gasteiger partial charge is 0.153 e. The highest BCUT2D eigenvalue weighted by Gasteiger charge is 2.25. The van der Waals surface area contributed by atoms with Gasteiger partial charge in [0.25, 0.3) is 0 Å². The van der Waals surface area contributed by atoms with Gasteiger partial charge in [-0.25, -0.2) is 8.42 Å². The van der Waals surface area contributed by atoms with Gasteiger partial charge in [0.15, 0.2) is 9.84 Å². The Bertz CT molecular complexity index is 234. The van der Waals surface area contributed by atoms with Gasteiger partial charge < -0.3 is 0 Å². The van der Waals surface area contributed by atoms with Gasteiger partial charge in [-0.2, -0.15) is 0 Å². The largest absolute Gasteiger partial charge is 0.229 e. The van der Waals surface area contributed by atoms with Gasteiger partial charge in [0.2, 0.25) is 0 Å². The Labute approximate surface area is 86.6 Å². The molecule has 0 saturated heterocycles. The van der Waals surface area contributed by atoms with Crippen LogP contribution >= 0.6 is 11.6 Å². The fraction of sp³-hybridized carbons (Fsp3) is 1.00. The summed E-state index contributed by atoms with van der Waals surface area (Å²) in [4.78, 5) is 0. The van der Waals surface area contributed by atoms with Crippen molar-refractivity contribution in [3.8, 4) is 0 Å². The van der Waals surface area contributed by atoms with Crippen LogP contribution in [0.5, 0.6) is 0 Å². The van der Waals surface area contributed by atoms with Crippen LogP contribution in [-0.4, -0.2) is 25.3 Å². The monoisotopic (exact) mass is 226 g/mol. The molecule has 80 valence electrons. The summed E-state index contributed by atoms with van der Waals surface area (Å²) in [5, 5.41) is -0.266. The molecule has 0 aliphatic heterocycles. The molecule has 0 aromatic rings. The topological polar surface area (TPSA) is 34.1 Å². The molecule has 13 heavy (non-hydrogen) atoms. The summed E-state index contributed by atoms with van der Waals surface area (Å²) in [5.41, 5.74) is 0. The van der Waals surface area contributed by atoms with E-state index in [0.717, 1.165) is 0 Å². The van der Waals surface area contributed by atoms with E-state index in [4.69, 9.17) is 11.6 Å². The Morgan fingerprint density at radius 3 is 1.92 bits per heavy atom. The first-order valence-corrected chi connectivity index (χ1v) is 6.83. The van der Waals surface area contributed by atoms with Crippen molar-refractivity contribution >= 4 is 21.4 Å². The molecule has 0 aliphatic carbocycles. The highest BCUT2D eigenvalue weighted by Crippen LogP contribution is 2.15. The zero-order valence-corrected chi connectivity index (χ0v) is 10.3. The second-order valence-electron chi connectivity index (χ2n) is 4.04. The maximum absolute atomic E-state index is 11.7. The fourth-order valence-corrected chi connectivity index (χ4v) is 3.29. The lowest BCUT2D eigenvalue weighted by Crippen LogP contribution is -2.29. The molecule has 0 aromatic heterocycles. The summed E-state index contributed by atoms with van der Waals surface area (Å²) in [6, 6.07) is 0. The van der Waals surface area contributed by atoms with E-state index in [2.05, 4.69) is 0 Å². The van der Waals surface area contributed by atoms with E-state index in [0.29, 0.717) is 5.88 Å². The molecular weight excluding hydrogens is 208 g/mol. The molecule has 0 aromatic carbocycles. The average molecular weight is 227 g/mol. The number of hydrogen-bond acceptors (Lipinski definition) is 2. The van der Waals surface area contributed by atoms with Crippen molar-refractivity contribution in [2.45, 2.75) is 32.9 Å². The number of halogens is 1. The van der Waals surface area contributed by atoms with E-state index in [9.17, 15) is 8.42 Å². The fourth-order valence-electron chi connectivity index (χ4n) is 1.01. The van der Waals surface area contributed by atoms with Crippen LogP contribution in [0.1, 0.15) is 27.7 Å². The molecule has 4 heteroatoms. The molecular formula is C9H19ClO2S. The van der Waals surface area contributed by atoms with Gasteiger partial charge in [-0.1, -0.05) is 20.8 Å². The van der Waals surface area contributed by atoms with Crippen molar-refractivity contribution in [2.24, 2.45) is 11.8 Å². The Morgan fingerprint density at radius 2 is 1.62 bits per heavy atom. The van der Waals surface area contributed by atoms with E-state index in [1.807, 2.05) is 20.8 Å². The standard InChI is InChI=1S/C9H19ClO2S/c1-7(2)9(4)13(11,12)6-8(3)5-10/h7-9H,5-6H2,1-4H3. The molecule has 0 aliphatic rings. The third kappa shape index (κ3) is 4.32. The van der Waals surface area contributed by atoms with Crippen LogP contribution in [0.25, 0.3) is 0 Å². The molecule has 2 atom stereocenters. The van der Waals surface area contributed by atoms with Gasteiger partial charge in [-0.3, -0.25) is 0 Å². The van der Waals surface area contributed by atoms with Crippen LogP contribution in [-0.2, 0) is 9.84 Å². The van der Waals surface area contributed by atoms with E-state index >= 15 is 0 Å². The Kier molecular flexibility index (Phi) is 5.30. The van der Waals surface area contributed by atoms with Gasteiger partial charge >= 0.3 is 0 Å². The molecule has 0 fully saturated rings. The second-order valence-corrected chi connectivity index (χ2v) is 6.75. The quantitative estimate of drug-likeness (QED) is 0.675. The molecule has 0 amide bonds. The van der Waals surface area contributed by atoms with Gasteiger partial charge in [0.1, 0.15) is 0 Å². The molecule has 0 spiro atoms. The lowest BCUT2D eigenvalue weighted by Gasteiger charge is -2.18. The Morgan fingerprint density at radius 1 is 1.15 bits per heavy atom. The lowest BCUT2D eigenvalue weighted by atomic mass is 10.2. The van der Waals surface area contributed by atoms with E-state index < -0.39 is 9.84 Å². The van der Waals surface area contributed by atoms with E-state index in [-0.39, 0.29) is 22.8 Å². The molecule has 0 heterocycles. The summed E-state index contributed by atoms with van der Waals surface area (Å²) in [7, 11) is -2.96. The predicted molar refractivity (Wildman–Crippen MR) is 58.0 cm³/mol. The molecule has 0 N–H and O–H groups in total. The highest BCUT2D eigenvalue weighted by atomic mass is 35.5. The first-order chi connectivity index (χ1) is 5.81. The molecule has 0 rings (SSSR count). The molecule has 2 unspecified atom stereocenters. The zero-order valence-electron chi connectivity index (χ0n) is 8.75. The second kappa shape index (κ2) is 5.20. The summed E-state index contributed by atoms with van der Waals surface area (Å²) < 4.78 is 23.4. The van der Waals surface area contributed by atoms with Crippen molar-refractivity contribution < 1.29 is 8.42 Å². The summed E-state index contributed by atoms with van der Waals surface area (Å²) in [6.45, 7) is 7.47. The van der Waals surface area contributed by atoms with Crippen LogP contribution in [0.3, 0.4) is 0 Å². The van der Waals surface area contributed by atoms with Crippen LogP contribution in [0.2, 0.25) is 0 Å². The van der Waals surface area contributed by atoms with Crippen molar-refractivity contribution in [3.63, 3.8) is 0 Å². The number of alkyl halides is 1. The third-order valence-corrected chi connectivity index (χ3v) is 5.52. The van der Waals surface area contributed by atoms with Crippen molar-refractivity contribution in [1.29, 1.82) is 0 Å². The minimum absolute atomic E-state index is 0.0490.